The molecule has 1 aliphatic heterocycles. The molecule has 4 nitrogen and oxygen atoms in total. The zero-order valence-corrected chi connectivity index (χ0v) is 9.71. The molecule has 92 valence electrons. The van der Waals surface area contributed by atoms with Gasteiger partial charge in [-0.2, -0.15) is 0 Å². The van der Waals surface area contributed by atoms with Crippen molar-refractivity contribution in [1.29, 1.82) is 0 Å². The summed E-state index contributed by atoms with van der Waals surface area (Å²) in [6.07, 6.45) is 3.65. The van der Waals surface area contributed by atoms with Gasteiger partial charge in [0.2, 0.25) is 0 Å². The number of hydrogen-bond acceptors (Lipinski definition) is 2. The van der Waals surface area contributed by atoms with Crippen molar-refractivity contribution in [3.8, 4) is 0 Å². The van der Waals surface area contributed by atoms with Crippen LogP contribution in [0.15, 0.2) is 36.7 Å². The predicted molar refractivity (Wildman–Crippen MR) is 63.4 cm³/mol. The Morgan fingerprint density at radius 3 is 2.78 bits per heavy atom. The fourth-order valence-electron chi connectivity index (χ4n) is 2.12. The topological polar surface area (TPSA) is 38.1 Å². The Labute approximate surface area is 104 Å². The summed E-state index contributed by atoms with van der Waals surface area (Å²) in [5.74, 6) is 0.474. The van der Waals surface area contributed by atoms with Crippen LogP contribution in [0, 0.1) is 5.82 Å². The van der Waals surface area contributed by atoms with Gasteiger partial charge in [0.1, 0.15) is 11.6 Å². The maximum Gasteiger partial charge on any atom is 0.254 e. The molecule has 1 amide bonds. The van der Waals surface area contributed by atoms with Crippen molar-refractivity contribution >= 4 is 5.91 Å². The molecule has 0 saturated carbocycles. The SMILES string of the molecule is O=C(c1ccc(F)cc1)N1CCn2ccnc2C1. The highest BCUT2D eigenvalue weighted by molar-refractivity contribution is 5.94. The van der Waals surface area contributed by atoms with Crippen molar-refractivity contribution < 1.29 is 9.18 Å². The zero-order chi connectivity index (χ0) is 12.5. The average Bonchev–Trinajstić information content (AvgIpc) is 2.86. The molecule has 0 N–H and O–H groups in total. The van der Waals surface area contributed by atoms with Crippen LogP contribution in [0.2, 0.25) is 0 Å². The molecule has 5 heteroatoms. The fraction of sp³-hybridized carbons (Fsp3) is 0.231. The first-order valence-electron chi connectivity index (χ1n) is 5.79. The molecule has 0 radical (unpaired) electrons. The number of fused-ring (bicyclic) bond motifs is 1. The minimum absolute atomic E-state index is 0.0794. The molecular formula is C13H12FN3O. The van der Waals surface area contributed by atoms with Crippen molar-refractivity contribution in [3.05, 3.63) is 53.9 Å². The van der Waals surface area contributed by atoms with Gasteiger partial charge in [-0.05, 0) is 24.3 Å². The van der Waals surface area contributed by atoms with Crippen molar-refractivity contribution in [2.24, 2.45) is 0 Å². The van der Waals surface area contributed by atoms with E-state index in [2.05, 4.69) is 4.98 Å². The quantitative estimate of drug-likeness (QED) is 0.766. The van der Waals surface area contributed by atoms with Gasteiger partial charge >= 0.3 is 0 Å². The molecule has 18 heavy (non-hydrogen) atoms. The fourth-order valence-corrected chi connectivity index (χ4v) is 2.12. The Hall–Kier alpha value is -2.17. The summed E-state index contributed by atoms with van der Waals surface area (Å²) >= 11 is 0. The number of aromatic nitrogens is 2. The Morgan fingerprint density at radius 1 is 1.22 bits per heavy atom. The lowest BCUT2D eigenvalue weighted by Gasteiger charge is -2.27. The van der Waals surface area contributed by atoms with E-state index in [1.165, 1.54) is 24.3 Å². The third-order valence-electron chi connectivity index (χ3n) is 3.12. The first kappa shape index (κ1) is 11.0. The number of benzene rings is 1. The van der Waals surface area contributed by atoms with Gasteiger partial charge in [-0.15, -0.1) is 0 Å². The second kappa shape index (κ2) is 4.25. The van der Waals surface area contributed by atoms with Gasteiger partial charge in [0.15, 0.2) is 0 Å². The minimum Gasteiger partial charge on any atom is -0.332 e. The van der Waals surface area contributed by atoms with E-state index in [1.54, 1.807) is 11.1 Å². The van der Waals surface area contributed by atoms with E-state index in [9.17, 15) is 9.18 Å². The second-order valence-electron chi connectivity index (χ2n) is 4.27. The normalized spacial score (nSPS) is 14.4. The van der Waals surface area contributed by atoms with Crippen molar-refractivity contribution in [1.82, 2.24) is 14.5 Å². The van der Waals surface area contributed by atoms with E-state index in [4.69, 9.17) is 0 Å². The Bertz CT molecular complexity index is 576. The summed E-state index contributed by atoms with van der Waals surface area (Å²) < 4.78 is 14.8. The van der Waals surface area contributed by atoms with Gasteiger partial charge in [-0.1, -0.05) is 0 Å². The molecule has 1 aromatic carbocycles. The molecule has 0 saturated heterocycles. The van der Waals surface area contributed by atoms with Crippen molar-refractivity contribution in [2.75, 3.05) is 6.54 Å². The highest BCUT2D eigenvalue weighted by atomic mass is 19.1. The third kappa shape index (κ3) is 1.88. The lowest BCUT2D eigenvalue weighted by Crippen LogP contribution is -2.38. The number of halogens is 1. The van der Waals surface area contributed by atoms with Crippen LogP contribution in [-0.2, 0) is 13.1 Å². The minimum atomic E-state index is -0.333. The summed E-state index contributed by atoms with van der Waals surface area (Å²) in [5, 5.41) is 0. The molecular weight excluding hydrogens is 233 g/mol. The highest BCUT2D eigenvalue weighted by Gasteiger charge is 2.22. The number of hydrogen-bond donors (Lipinski definition) is 0. The van der Waals surface area contributed by atoms with Crippen LogP contribution in [0.1, 0.15) is 16.2 Å². The Balaban J connectivity index is 1.80. The number of rotatable bonds is 1. The van der Waals surface area contributed by atoms with Gasteiger partial charge in [0.05, 0.1) is 6.54 Å². The number of carbonyl (C=O) groups is 1. The molecule has 0 unspecified atom stereocenters. The van der Waals surface area contributed by atoms with E-state index in [0.29, 0.717) is 18.7 Å². The van der Waals surface area contributed by atoms with Crippen LogP contribution in [0.4, 0.5) is 4.39 Å². The van der Waals surface area contributed by atoms with E-state index < -0.39 is 0 Å². The molecule has 1 aliphatic rings. The molecule has 0 bridgehead atoms. The highest BCUT2D eigenvalue weighted by Crippen LogP contribution is 2.14. The van der Waals surface area contributed by atoms with Crippen LogP contribution in [0.25, 0.3) is 0 Å². The van der Waals surface area contributed by atoms with Gasteiger partial charge in [0.25, 0.3) is 5.91 Å². The molecule has 0 fully saturated rings. The molecule has 0 spiro atoms. The van der Waals surface area contributed by atoms with Gasteiger partial charge < -0.3 is 9.47 Å². The number of amides is 1. The molecule has 2 aromatic rings. The smallest absolute Gasteiger partial charge is 0.254 e. The molecule has 3 rings (SSSR count). The van der Waals surface area contributed by atoms with Crippen LogP contribution >= 0.6 is 0 Å². The van der Waals surface area contributed by atoms with Gasteiger partial charge in [-0.25, -0.2) is 9.37 Å². The summed E-state index contributed by atoms with van der Waals surface area (Å²) in [6, 6.07) is 5.63. The van der Waals surface area contributed by atoms with Crippen LogP contribution < -0.4 is 0 Å². The maximum absolute atomic E-state index is 12.8. The second-order valence-corrected chi connectivity index (χ2v) is 4.27. The number of carbonyl (C=O) groups excluding carboxylic acids is 1. The average molecular weight is 245 g/mol. The molecule has 0 atom stereocenters. The Morgan fingerprint density at radius 2 is 2.00 bits per heavy atom. The van der Waals surface area contributed by atoms with E-state index in [-0.39, 0.29) is 11.7 Å². The van der Waals surface area contributed by atoms with Gasteiger partial charge in [0, 0.05) is 31.0 Å². The van der Waals surface area contributed by atoms with Gasteiger partial charge in [-0.3, -0.25) is 4.79 Å². The maximum atomic E-state index is 12.8. The predicted octanol–water partition coefficient (Wildman–Crippen LogP) is 1.68. The third-order valence-corrected chi connectivity index (χ3v) is 3.12. The summed E-state index contributed by atoms with van der Waals surface area (Å²) in [6.45, 7) is 1.91. The number of imidazole rings is 1. The first-order valence-corrected chi connectivity index (χ1v) is 5.79. The summed E-state index contributed by atoms with van der Waals surface area (Å²) in [5.41, 5.74) is 0.511. The monoisotopic (exact) mass is 245 g/mol. The number of nitrogens with zero attached hydrogens (tertiary/aromatic N) is 3. The molecule has 2 heterocycles. The van der Waals surface area contributed by atoms with Crippen molar-refractivity contribution in [3.63, 3.8) is 0 Å². The zero-order valence-electron chi connectivity index (χ0n) is 9.71. The van der Waals surface area contributed by atoms with E-state index >= 15 is 0 Å². The molecule has 1 aromatic heterocycles. The standard InChI is InChI=1S/C13H12FN3O/c14-11-3-1-10(2-4-11)13(18)17-8-7-16-6-5-15-12(16)9-17/h1-6H,7-9H2. The van der Waals surface area contributed by atoms with Crippen molar-refractivity contribution in [2.45, 2.75) is 13.1 Å². The first-order chi connectivity index (χ1) is 8.74. The van der Waals surface area contributed by atoms with Crippen LogP contribution in [0.3, 0.4) is 0 Å². The lowest BCUT2D eigenvalue weighted by molar-refractivity contribution is 0.0707. The van der Waals surface area contributed by atoms with E-state index in [0.717, 1.165) is 12.4 Å². The largest absolute Gasteiger partial charge is 0.332 e. The lowest BCUT2D eigenvalue weighted by atomic mass is 10.2. The van der Waals surface area contributed by atoms with Crippen LogP contribution in [-0.4, -0.2) is 26.9 Å². The van der Waals surface area contributed by atoms with E-state index in [1.807, 2.05) is 10.8 Å². The summed E-state index contributed by atoms with van der Waals surface area (Å²) in [7, 11) is 0. The van der Waals surface area contributed by atoms with Crippen LogP contribution in [0.5, 0.6) is 0 Å². The summed E-state index contributed by atoms with van der Waals surface area (Å²) in [4.78, 5) is 18.1. The Kier molecular flexibility index (Phi) is 2.59. The molecule has 0 aliphatic carbocycles.